The molecule has 5 heteroatoms. The number of aryl methyl sites for hydroxylation is 1. The Hall–Kier alpha value is -2.20. The molecule has 1 N–H and O–H groups in total. The van der Waals surface area contributed by atoms with E-state index in [2.05, 4.69) is 5.32 Å². The largest absolute Gasteiger partial charge is 0.493 e. The van der Waals surface area contributed by atoms with Gasteiger partial charge in [0.05, 0.1) is 14.2 Å². The van der Waals surface area contributed by atoms with Crippen LogP contribution in [0.5, 0.6) is 11.5 Å². The molecule has 1 amide bonds. The van der Waals surface area contributed by atoms with Crippen molar-refractivity contribution < 1.29 is 14.3 Å². The van der Waals surface area contributed by atoms with Gasteiger partial charge in [-0.1, -0.05) is 11.6 Å². The molecule has 0 radical (unpaired) electrons. The number of nitrogens with one attached hydrogen (secondary N) is 1. The molecule has 21 heavy (non-hydrogen) atoms. The highest BCUT2D eigenvalue weighted by molar-refractivity contribution is 6.30. The molecule has 2 rings (SSSR count). The number of carbonyl (C=O) groups is 1. The van der Waals surface area contributed by atoms with E-state index in [1.165, 1.54) is 7.11 Å². The summed E-state index contributed by atoms with van der Waals surface area (Å²) in [7, 11) is 3.08. The lowest BCUT2D eigenvalue weighted by Crippen LogP contribution is -2.13. The minimum atomic E-state index is -0.221. The monoisotopic (exact) mass is 305 g/mol. The smallest absolute Gasteiger partial charge is 0.255 e. The molecular formula is C16H16ClNO3. The Morgan fingerprint density at radius 2 is 1.76 bits per heavy atom. The van der Waals surface area contributed by atoms with E-state index < -0.39 is 0 Å². The fourth-order valence-corrected chi connectivity index (χ4v) is 2.17. The van der Waals surface area contributed by atoms with E-state index in [0.717, 1.165) is 11.3 Å². The van der Waals surface area contributed by atoms with E-state index in [1.807, 2.05) is 6.92 Å². The Balaban J connectivity index is 2.24. The molecule has 0 aromatic heterocycles. The van der Waals surface area contributed by atoms with Crippen LogP contribution in [0.25, 0.3) is 0 Å². The lowest BCUT2D eigenvalue weighted by Gasteiger charge is -2.11. The van der Waals surface area contributed by atoms with E-state index >= 15 is 0 Å². The first-order valence-electron chi connectivity index (χ1n) is 6.34. The molecule has 0 saturated carbocycles. The second-order valence-corrected chi connectivity index (χ2v) is 4.92. The molecule has 0 fully saturated rings. The number of anilines is 1. The standard InChI is InChI=1S/C16H16ClNO3/c1-10-8-12(17)5-6-13(10)18-16(19)11-4-7-14(20-2)15(9-11)21-3/h4-9H,1-3H3,(H,18,19). The van der Waals surface area contributed by atoms with Crippen LogP contribution in [0.2, 0.25) is 5.02 Å². The van der Waals surface area contributed by atoms with Crippen LogP contribution < -0.4 is 14.8 Å². The van der Waals surface area contributed by atoms with Gasteiger partial charge in [0.15, 0.2) is 11.5 Å². The van der Waals surface area contributed by atoms with Crippen molar-refractivity contribution in [3.63, 3.8) is 0 Å². The summed E-state index contributed by atoms with van der Waals surface area (Å²) < 4.78 is 10.3. The molecular weight excluding hydrogens is 290 g/mol. The van der Waals surface area contributed by atoms with Gasteiger partial charge < -0.3 is 14.8 Å². The first-order valence-corrected chi connectivity index (χ1v) is 6.72. The fraction of sp³-hybridized carbons (Fsp3) is 0.188. The van der Waals surface area contributed by atoms with Gasteiger partial charge in [-0.05, 0) is 48.9 Å². The highest BCUT2D eigenvalue weighted by Gasteiger charge is 2.12. The fourth-order valence-electron chi connectivity index (χ4n) is 1.94. The number of amides is 1. The van der Waals surface area contributed by atoms with Gasteiger partial charge in [-0.2, -0.15) is 0 Å². The molecule has 0 bridgehead atoms. The Labute approximate surface area is 128 Å². The van der Waals surface area contributed by atoms with Crippen LogP contribution in [-0.2, 0) is 0 Å². The van der Waals surface area contributed by atoms with E-state index in [9.17, 15) is 4.79 Å². The Kier molecular flexibility index (Phi) is 4.70. The van der Waals surface area contributed by atoms with Crippen LogP contribution in [-0.4, -0.2) is 20.1 Å². The van der Waals surface area contributed by atoms with Gasteiger partial charge in [0.1, 0.15) is 0 Å². The number of halogens is 1. The van der Waals surface area contributed by atoms with Gasteiger partial charge in [0.25, 0.3) is 5.91 Å². The van der Waals surface area contributed by atoms with Gasteiger partial charge in [0, 0.05) is 16.3 Å². The maximum Gasteiger partial charge on any atom is 0.255 e. The minimum Gasteiger partial charge on any atom is -0.493 e. The van der Waals surface area contributed by atoms with Crippen molar-refractivity contribution in [2.24, 2.45) is 0 Å². The summed E-state index contributed by atoms with van der Waals surface area (Å²) in [6, 6.07) is 10.3. The molecule has 0 aliphatic heterocycles. The molecule has 0 aliphatic carbocycles. The minimum absolute atomic E-state index is 0.221. The molecule has 0 atom stereocenters. The number of carbonyl (C=O) groups excluding carboxylic acids is 1. The Morgan fingerprint density at radius 1 is 1.05 bits per heavy atom. The van der Waals surface area contributed by atoms with Crippen LogP contribution in [0.1, 0.15) is 15.9 Å². The molecule has 0 aliphatic rings. The number of hydrogen-bond acceptors (Lipinski definition) is 3. The van der Waals surface area contributed by atoms with Gasteiger partial charge in [-0.25, -0.2) is 0 Å². The second kappa shape index (κ2) is 6.50. The van der Waals surface area contributed by atoms with Crippen LogP contribution >= 0.6 is 11.6 Å². The van der Waals surface area contributed by atoms with E-state index in [0.29, 0.717) is 22.1 Å². The zero-order valence-electron chi connectivity index (χ0n) is 12.1. The maximum absolute atomic E-state index is 12.3. The van der Waals surface area contributed by atoms with Gasteiger partial charge in [-0.15, -0.1) is 0 Å². The molecule has 110 valence electrons. The summed E-state index contributed by atoms with van der Waals surface area (Å²) in [6.07, 6.45) is 0. The van der Waals surface area contributed by atoms with Crippen molar-refractivity contribution >= 4 is 23.2 Å². The van der Waals surface area contributed by atoms with E-state index in [4.69, 9.17) is 21.1 Å². The quantitative estimate of drug-likeness (QED) is 0.931. The summed E-state index contributed by atoms with van der Waals surface area (Å²) in [6.45, 7) is 1.89. The first-order chi connectivity index (χ1) is 10.0. The number of rotatable bonds is 4. The average Bonchev–Trinajstić information content (AvgIpc) is 2.49. The first kappa shape index (κ1) is 15.2. The third-order valence-electron chi connectivity index (χ3n) is 3.08. The molecule has 0 unspecified atom stereocenters. The van der Waals surface area contributed by atoms with Gasteiger partial charge >= 0.3 is 0 Å². The molecule has 0 spiro atoms. The lowest BCUT2D eigenvalue weighted by atomic mass is 10.1. The second-order valence-electron chi connectivity index (χ2n) is 4.48. The zero-order chi connectivity index (χ0) is 15.4. The third-order valence-corrected chi connectivity index (χ3v) is 3.32. The van der Waals surface area contributed by atoms with Gasteiger partial charge in [-0.3, -0.25) is 4.79 Å². The summed E-state index contributed by atoms with van der Waals surface area (Å²) >= 11 is 5.90. The summed E-state index contributed by atoms with van der Waals surface area (Å²) in [5.74, 6) is 0.871. The molecule has 2 aromatic rings. The summed E-state index contributed by atoms with van der Waals surface area (Å²) in [5.41, 5.74) is 2.11. The number of hydrogen-bond donors (Lipinski definition) is 1. The molecule has 4 nitrogen and oxygen atoms in total. The SMILES string of the molecule is COc1ccc(C(=O)Nc2ccc(Cl)cc2C)cc1OC. The highest BCUT2D eigenvalue weighted by Crippen LogP contribution is 2.28. The van der Waals surface area contributed by atoms with Crippen molar-refractivity contribution in [2.75, 3.05) is 19.5 Å². The highest BCUT2D eigenvalue weighted by atomic mass is 35.5. The number of ether oxygens (including phenoxy) is 2. The van der Waals surface area contributed by atoms with Crippen molar-refractivity contribution in [3.05, 3.63) is 52.5 Å². The maximum atomic E-state index is 12.3. The molecule has 0 heterocycles. The van der Waals surface area contributed by atoms with E-state index in [1.54, 1.807) is 43.5 Å². The molecule has 2 aromatic carbocycles. The topological polar surface area (TPSA) is 47.6 Å². The van der Waals surface area contributed by atoms with Crippen molar-refractivity contribution in [2.45, 2.75) is 6.92 Å². The van der Waals surface area contributed by atoms with Crippen LogP contribution in [0.4, 0.5) is 5.69 Å². The van der Waals surface area contributed by atoms with Crippen molar-refractivity contribution in [3.8, 4) is 11.5 Å². The zero-order valence-corrected chi connectivity index (χ0v) is 12.8. The van der Waals surface area contributed by atoms with Gasteiger partial charge in [0.2, 0.25) is 0 Å². The van der Waals surface area contributed by atoms with Crippen molar-refractivity contribution in [1.82, 2.24) is 0 Å². The average molecular weight is 306 g/mol. The van der Waals surface area contributed by atoms with Crippen LogP contribution in [0, 0.1) is 6.92 Å². The Morgan fingerprint density at radius 3 is 2.38 bits per heavy atom. The van der Waals surface area contributed by atoms with Crippen molar-refractivity contribution in [1.29, 1.82) is 0 Å². The van der Waals surface area contributed by atoms with Crippen LogP contribution in [0.3, 0.4) is 0 Å². The summed E-state index contributed by atoms with van der Waals surface area (Å²) in [5, 5.41) is 3.48. The summed E-state index contributed by atoms with van der Waals surface area (Å²) in [4.78, 5) is 12.3. The number of benzene rings is 2. The normalized spacial score (nSPS) is 10.1. The van der Waals surface area contributed by atoms with E-state index in [-0.39, 0.29) is 5.91 Å². The van der Waals surface area contributed by atoms with Crippen LogP contribution in [0.15, 0.2) is 36.4 Å². The lowest BCUT2D eigenvalue weighted by molar-refractivity contribution is 0.102. The Bertz CT molecular complexity index is 671. The molecule has 0 saturated heterocycles. The predicted molar refractivity (Wildman–Crippen MR) is 83.7 cm³/mol. The third kappa shape index (κ3) is 3.47. The number of methoxy groups -OCH3 is 2. The predicted octanol–water partition coefficient (Wildman–Crippen LogP) is 3.92.